The van der Waals surface area contributed by atoms with E-state index in [2.05, 4.69) is 9.88 Å². The summed E-state index contributed by atoms with van der Waals surface area (Å²) in [6.07, 6.45) is 7.19. The molecule has 0 bridgehead atoms. The third kappa shape index (κ3) is 2.47. The molecular formula is C19H24N4O2S. The molecule has 0 aromatic carbocycles. The van der Waals surface area contributed by atoms with Gasteiger partial charge >= 0.3 is 0 Å². The summed E-state index contributed by atoms with van der Waals surface area (Å²) in [5.74, 6) is 1.02. The number of aromatic nitrogens is 2. The molecule has 3 fully saturated rings. The summed E-state index contributed by atoms with van der Waals surface area (Å²) in [4.78, 5) is 35.7. The quantitative estimate of drug-likeness (QED) is 0.832. The minimum atomic E-state index is -0.352. The van der Waals surface area contributed by atoms with Gasteiger partial charge in [-0.15, -0.1) is 11.3 Å². The molecule has 3 aliphatic rings. The van der Waals surface area contributed by atoms with Crippen LogP contribution in [0, 0.1) is 18.3 Å². The van der Waals surface area contributed by atoms with Gasteiger partial charge in [-0.05, 0) is 44.9 Å². The SMILES string of the molecule is Cc1nc2sccn2c1C(=O)N1CCC2(CCCN(CC3CC3)C2=O)C1. The minimum absolute atomic E-state index is 0.0115. The van der Waals surface area contributed by atoms with Gasteiger partial charge in [0.2, 0.25) is 5.91 Å². The molecule has 1 atom stereocenters. The maximum atomic E-state index is 13.2. The number of amides is 2. The van der Waals surface area contributed by atoms with Crippen LogP contribution in [0.5, 0.6) is 0 Å². The molecule has 0 radical (unpaired) electrons. The monoisotopic (exact) mass is 372 g/mol. The van der Waals surface area contributed by atoms with Gasteiger partial charge in [-0.25, -0.2) is 4.98 Å². The molecule has 1 saturated carbocycles. The van der Waals surface area contributed by atoms with E-state index < -0.39 is 0 Å². The van der Waals surface area contributed by atoms with Gasteiger partial charge in [-0.3, -0.25) is 14.0 Å². The molecule has 2 aliphatic heterocycles. The Kier molecular flexibility index (Phi) is 3.64. The van der Waals surface area contributed by atoms with Gasteiger partial charge in [0.05, 0.1) is 11.1 Å². The summed E-state index contributed by atoms with van der Waals surface area (Å²) in [7, 11) is 0. The van der Waals surface area contributed by atoms with E-state index in [4.69, 9.17) is 0 Å². The molecule has 2 saturated heterocycles. The number of carbonyl (C=O) groups is 2. The predicted molar refractivity (Wildman–Crippen MR) is 99.3 cm³/mol. The van der Waals surface area contributed by atoms with E-state index in [1.165, 1.54) is 24.2 Å². The van der Waals surface area contributed by atoms with E-state index in [0.29, 0.717) is 18.8 Å². The van der Waals surface area contributed by atoms with Crippen LogP contribution in [0.1, 0.15) is 48.3 Å². The highest BCUT2D eigenvalue weighted by atomic mass is 32.1. The lowest BCUT2D eigenvalue weighted by molar-refractivity contribution is -0.145. The lowest BCUT2D eigenvalue weighted by atomic mass is 9.78. The van der Waals surface area contributed by atoms with E-state index in [1.54, 1.807) is 0 Å². The molecule has 6 nitrogen and oxygen atoms in total. The Balaban J connectivity index is 1.37. The number of fused-ring (bicyclic) bond motifs is 1. The second-order valence-electron chi connectivity index (χ2n) is 8.16. The van der Waals surface area contributed by atoms with E-state index in [9.17, 15) is 9.59 Å². The van der Waals surface area contributed by atoms with Crippen LogP contribution in [0.3, 0.4) is 0 Å². The van der Waals surface area contributed by atoms with Crippen molar-refractivity contribution in [1.29, 1.82) is 0 Å². The van der Waals surface area contributed by atoms with Crippen LogP contribution in [0.4, 0.5) is 0 Å². The maximum absolute atomic E-state index is 13.2. The molecule has 1 aliphatic carbocycles. The number of thiazole rings is 1. The first-order chi connectivity index (χ1) is 12.6. The number of rotatable bonds is 3. The van der Waals surface area contributed by atoms with Gasteiger partial charge in [-0.1, -0.05) is 0 Å². The number of hydrogen-bond donors (Lipinski definition) is 0. The van der Waals surface area contributed by atoms with Crippen molar-refractivity contribution < 1.29 is 9.59 Å². The number of piperidine rings is 1. The Morgan fingerprint density at radius 3 is 3.00 bits per heavy atom. The normalized spacial score (nSPS) is 26.4. The summed E-state index contributed by atoms with van der Waals surface area (Å²) in [6, 6.07) is 0. The van der Waals surface area contributed by atoms with Crippen LogP contribution in [0.15, 0.2) is 11.6 Å². The van der Waals surface area contributed by atoms with E-state index in [1.807, 2.05) is 27.8 Å². The molecule has 1 unspecified atom stereocenters. The largest absolute Gasteiger partial charge is 0.342 e. The minimum Gasteiger partial charge on any atom is -0.342 e. The fourth-order valence-electron chi connectivity index (χ4n) is 4.66. The zero-order chi connectivity index (χ0) is 17.9. The van der Waals surface area contributed by atoms with Crippen LogP contribution in [-0.4, -0.2) is 57.2 Å². The van der Waals surface area contributed by atoms with Crippen molar-refractivity contribution in [3.63, 3.8) is 0 Å². The number of imidazole rings is 1. The van der Waals surface area contributed by atoms with Crippen LogP contribution < -0.4 is 0 Å². The average molecular weight is 372 g/mol. The van der Waals surface area contributed by atoms with E-state index in [-0.39, 0.29) is 17.2 Å². The van der Waals surface area contributed by atoms with Crippen LogP contribution in [0.2, 0.25) is 0 Å². The Morgan fingerprint density at radius 1 is 1.35 bits per heavy atom. The molecule has 26 heavy (non-hydrogen) atoms. The molecule has 138 valence electrons. The Bertz CT molecular complexity index is 883. The highest BCUT2D eigenvalue weighted by Gasteiger charge is 2.50. The fourth-order valence-corrected chi connectivity index (χ4v) is 5.42. The third-order valence-electron chi connectivity index (χ3n) is 6.28. The Morgan fingerprint density at radius 2 is 2.19 bits per heavy atom. The maximum Gasteiger partial charge on any atom is 0.272 e. The molecular weight excluding hydrogens is 348 g/mol. The molecule has 2 amide bonds. The Labute approximate surface area is 156 Å². The molecule has 5 rings (SSSR count). The summed E-state index contributed by atoms with van der Waals surface area (Å²) in [5.41, 5.74) is 1.07. The number of carbonyl (C=O) groups excluding carboxylic acids is 2. The van der Waals surface area contributed by atoms with Crippen molar-refractivity contribution >= 4 is 28.1 Å². The molecule has 0 N–H and O–H groups in total. The topological polar surface area (TPSA) is 57.9 Å². The highest BCUT2D eigenvalue weighted by molar-refractivity contribution is 7.15. The molecule has 1 spiro atoms. The Hall–Kier alpha value is -1.89. The van der Waals surface area contributed by atoms with Crippen LogP contribution >= 0.6 is 11.3 Å². The van der Waals surface area contributed by atoms with Gasteiger partial charge in [0, 0.05) is 37.8 Å². The van der Waals surface area contributed by atoms with Gasteiger partial charge in [0.1, 0.15) is 5.69 Å². The second kappa shape index (κ2) is 5.81. The lowest BCUT2D eigenvalue weighted by Gasteiger charge is -2.39. The van der Waals surface area contributed by atoms with Crippen molar-refractivity contribution in [2.45, 2.75) is 39.0 Å². The van der Waals surface area contributed by atoms with Gasteiger partial charge in [-0.2, -0.15) is 0 Å². The molecule has 7 heteroatoms. The van der Waals surface area contributed by atoms with E-state index in [0.717, 1.165) is 48.9 Å². The summed E-state index contributed by atoms with van der Waals surface area (Å²) >= 11 is 1.54. The first kappa shape index (κ1) is 16.3. The number of nitrogens with zero attached hydrogens (tertiary/aromatic N) is 4. The summed E-state index contributed by atoms with van der Waals surface area (Å²) in [6.45, 7) is 4.93. The van der Waals surface area contributed by atoms with Crippen molar-refractivity contribution in [1.82, 2.24) is 19.2 Å². The van der Waals surface area contributed by atoms with Crippen LogP contribution in [0.25, 0.3) is 4.96 Å². The number of aryl methyl sites for hydroxylation is 1. The van der Waals surface area contributed by atoms with Crippen molar-refractivity contribution in [2.75, 3.05) is 26.2 Å². The molecule has 2 aromatic heterocycles. The van der Waals surface area contributed by atoms with Gasteiger partial charge in [0.15, 0.2) is 4.96 Å². The third-order valence-corrected chi connectivity index (χ3v) is 7.04. The van der Waals surface area contributed by atoms with Crippen molar-refractivity contribution in [2.24, 2.45) is 11.3 Å². The van der Waals surface area contributed by atoms with Crippen molar-refractivity contribution in [3.8, 4) is 0 Å². The number of hydrogen-bond acceptors (Lipinski definition) is 4. The van der Waals surface area contributed by atoms with Gasteiger partial charge < -0.3 is 9.80 Å². The average Bonchev–Trinajstić information content (AvgIpc) is 3.02. The highest BCUT2D eigenvalue weighted by Crippen LogP contribution is 2.42. The standard InChI is InChI=1S/C19H24N4O2S/c1-13-15(23-9-10-26-18(23)20-13)16(24)22-8-6-19(12-22)5-2-7-21(17(19)25)11-14-3-4-14/h9-10,14H,2-8,11-12H2,1H3. The number of likely N-dealkylation sites (tertiary alicyclic amines) is 2. The fraction of sp³-hybridized carbons (Fsp3) is 0.632. The first-order valence-corrected chi connectivity index (χ1v) is 10.5. The van der Waals surface area contributed by atoms with E-state index >= 15 is 0 Å². The molecule has 2 aromatic rings. The zero-order valence-electron chi connectivity index (χ0n) is 15.1. The second-order valence-corrected chi connectivity index (χ2v) is 9.03. The smallest absolute Gasteiger partial charge is 0.272 e. The predicted octanol–water partition coefficient (Wildman–Crippen LogP) is 2.57. The summed E-state index contributed by atoms with van der Waals surface area (Å²) < 4.78 is 1.88. The zero-order valence-corrected chi connectivity index (χ0v) is 15.9. The summed E-state index contributed by atoms with van der Waals surface area (Å²) in [5, 5.41) is 1.95. The molecule has 4 heterocycles. The van der Waals surface area contributed by atoms with Crippen LogP contribution in [-0.2, 0) is 4.79 Å². The first-order valence-electron chi connectivity index (χ1n) is 9.58. The lowest BCUT2D eigenvalue weighted by Crippen LogP contribution is -2.51. The van der Waals surface area contributed by atoms with Crippen molar-refractivity contribution in [3.05, 3.63) is 23.0 Å². The van der Waals surface area contributed by atoms with Gasteiger partial charge in [0.25, 0.3) is 5.91 Å².